The quantitative estimate of drug-likeness (QED) is 0.850. The summed E-state index contributed by atoms with van der Waals surface area (Å²) >= 11 is 3.41. The molecule has 0 saturated heterocycles. The molecule has 1 rings (SSSR count). The molecular formula is C14H23BrN2O. The van der Waals surface area contributed by atoms with Gasteiger partial charge in [0.1, 0.15) is 5.69 Å². The number of aryl methyl sites for hydroxylation is 1. The second-order valence-corrected chi connectivity index (χ2v) is 5.87. The molecule has 0 saturated carbocycles. The van der Waals surface area contributed by atoms with E-state index in [-0.39, 0.29) is 11.9 Å². The molecule has 18 heavy (non-hydrogen) atoms. The molecule has 0 fully saturated rings. The van der Waals surface area contributed by atoms with Crippen molar-refractivity contribution in [2.75, 3.05) is 0 Å². The first-order valence-electron chi connectivity index (χ1n) is 6.64. The number of aromatic nitrogens is 1. The van der Waals surface area contributed by atoms with Gasteiger partial charge in [-0.15, -0.1) is 0 Å². The van der Waals surface area contributed by atoms with Crippen molar-refractivity contribution in [3.63, 3.8) is 0 Å². The van der Waals surface area contributed by atoms with Crippen molar-refractivity contribution < 1.29 is 4.79 Å². The van der Waals surface area contributed by atoms with Gasteiger partial charge >= 0.3 is 0 Å². The lowest BCUT2D eigenvalue weighted by Gasteiger charge is -2.18. The maximum atomic E-state index is 12.2. The predicted octanol–water partition coefficient (Wildman–Crippen LogP) is 3.83. The normalized spacial score (nSPS) is 14.3. The number of nitrogens with zero attached hydrogens (tertiary/aromatic N) is 1. The van der Waals surface area contributed by atoms with Crippen molar-refractivity contribution in [3.8, 4) is 0 Å². The van der Waals surface area contributed by atoms with Crippen LogP contribution in [0.1, 0.15) is 51.0 Å². The minimum absolute atomic E-state index is 0.0124. The molecule has 1 aromatic heterocycles. The Morgan fingerprint density at radius 2 is 2.11 bits per heavy atom. The van der Waals surface area contributed by atoms with Crippen LogP contribution in [0.4, 0.5) is 0 Å². The molecule has 4 heteroatoms. The van der Waals surface area contributed by atoms with Crippen LogP contribution < -0.4 is 5.32 Å². The summed E-state index contributed by atoms with van der Waals surface area (Å²) in [5.74, 6) is 0.656. The third-order valence-corrected chi connectivity index (χ3v) is 3.70. The molecule has 0 aliphatic rings. The summed E-state index contributed by atoms with van der Waals surface area (Å²) in [6.07, 6.45) is 4.11. The fourth-order valence-electron chi connectivity index (χ4n) is 2.05. The Balaban J connectivity index is 2.64. The van der Waals surface area contributed by atoms with E-state index in [1.807, 2.05) is 23.8 Å². The highest BCUT2D eigenvalue weighted by atomic mass is 79.9. The summed E-state index contributed by atoms with van der Waals surface area (Å²) in [5, 5.41) is 3.07. The monoisotopic (exact) mass is 314 g/mol. The van der Waals surface area contributed by atoms with Crippen molar-refractivity contribution in [1.82, 2.24) is 9.88 Å². The lowest BCUT2D eigenvalue weighted by atomic mass is 10.0. The topological polar surface area (TPSA) is 34.0 Å². The lowest BCUT2D eigenvalue weighted by molar-refractivity contribution is 0.0926. The highest BCUT2D eigenvalue weighted by Crippen LogP contribution is 2.16. The van der Waals surface area contributed by atoms with Crippen LogP contribution >= 0.6 is 15.9 Å². The first-order valence-corrected chi connectivity index (χ1v) is 7.43. The van der Waals surface area contributed by atoms with Crippen molar-refractivity contribution in [2.45, 2.75) is 53.1 Å². The number of carbonyl (C=O) groups excluding carboxylic acids is 1. The minimum Gasteiger partial charge on any atom is -0.348 e. The molecule has 0 radical (unpaired) electrons. The number of hydrogen-bond donors (Lipinski definition) is 1. The Kier molecular flexibility index (Phi) is 5.93. The van der Waals surface area contributed by atoms with Gasteiger partial charge in [0, 0.05) is 23.3 Å². The average Bonchev–Trinajstić information content (AvgIpc) is 2.70. The van der Waals surface area contributed by atoms with Crippen LogP contribution in [0.3, 0.4) is 0 Å². The van der Waals surface area contributed by atoms with Gasteiger partial charge in [0.2, 0.25) is 0 Å². The molecule has 0 bridgehead atoms. The molecule has 0 spiro atoms. The fraction of sp³-hybridized carbons (Fsp3) is 0.643. The average molecular weight is 315 g/mol. The lowest BCUT2D eigenvalue weighted by Crippen LogP contribution is -2.34. The Labute approximate surface area is 118 Å². The standard InChI is InChI=1S/C14H23BrN2O/c1-5-10(3)7-11(4)16-14(18)13-8-12(15)9-17(13)6-2/h8-11H,5-7H2,1-4H3,(H,16,18). The fourth-order valence-corrected chi connectivity index (χ4v) is 2.52. The van der Waals surface area contributed by atoms with Crippen LogP contribution in [-0.2, 0) is 6.54 Å². The second kappa shape index (κ2) is 6.98. The molecule has 1 aromatic rings. The molecular weight excluding hydrogens is 292 g/mol. The predicted molar refractivity (Wildman–Crippen MR) is 78.8 cm³/mol. The molecule has 1 N–H and O–H groups in total. The summed E-state index contributed by atoms with van der Waals surface area (Å²) in [4.78, 5) is 12.2. The first-order chi connectivity index (χ1) is 8.47. The Morgan fingerprint density at radius 1 is 1.44 bits per heavy atom. The Morgan fingerprint density at radius 3 is 2.67 bits per heavy atom. The Bertz CT molecular complexity index is 400. The first kappa shape index (κ1) is 15.3. The zero-order valence-electron chi connectivity index (χ0n) is 11.7. The maximum Gasteiger partial charge on any atom is 0.268 e. The van der Waals surface area contributed by atoms with Crippen LogP contribution in [0.2, 0.25) is 0 Å². The van der Waals surface area contributed by atoms with Gasteiger partial charge in [-0.1, -0.05) is 20.3 Å². The Hall–Kier alpha value is -0.770. The summed E-state index contributed by atoms with van der Waals surface area (Å²) in [5.41, 5.74) is 0.723. The van der Waals surface area contributed by atoms with Crippen LogP contribution in [0, 0.1) is 5.92 Å². The third-order valence-electron chi connectivity index (χ3n) is 3.27. The maximum absolute atomic E-state index is 12.2. The molecule has 2 atom stereocenters. The molecule has 3 nitrogen and oxygen atoms in total. The van der Waals surface area contributed by atoms with E-state index in [1.54, 1.807) is 0 Å². The third kappa shape index (κ3) is 4.16. The van der Waals surface area contributed by atoms with E-state index in [4.69, 9.17) is 0 Å². The van der Waals surface area contributed by atoms with Crippen molar-refractivity contribution >= 4 is 21.8 Å². The van der Waals surface area contributed by atoms with Gasteiger partial charge in [0.05, 0.1) is 0 Å². The van der Waals surface area contributed by atoms with Crippen molar-refractivity contribution in [3.05, 3.63) is 22.4 Å². The largest absolute Gasteiger partial charge is 0.348 e. The minimum atomic E-state index is 0.0124. The van der Waals surface area contributed by atoms with E-state index >= 15 is 0 Å². The van der Waals surface area contributed by atoms with E-state index < -0.39 is 0 Å². The van der Waals surface area contributed by atoms with Gasteiger partial charge in [-0.2, -0.15) is 0 Å². The van der Waals surface area contributed by atoms with Crippen LogP contribution in [0.25, 0.3) is 0 Å². The van der Waals surface area contributed by atoms with E-state index in [1.165, 1.54) is 0 Å². The van der Waals surface area contributed by atoms with Crippen molar-refractivity contribution in [2.24, 2.45) is 5.92 Å². The molecule has 0 aromatic carbocycles. The number of rotatable bonds is 6. The van der Waals surface area contributed by atoms with Gasteiger partial charge < -0.3 is 9.88 Å². The summed E-state index contributed by atoms with van der Waals surface area (Å²) in [6, 6.07) is 2.08. The summed E-state index contributed by atoms with van der Waals surface area (Å²) in [6.45, 7) is 9.30. The number of amides is 1. The molecule has 1 amide bonds. The zero-order valence-corrected chi connectivity index (χ0v) is 13.3. The van der Waals surface area contributed by atoms with Crippen molar-refractivity contribution in [1.29, 1.82) is 0 Å². The number of nitrogens with one attached hydrogen (secondary N) is 1. The van der Waals surface area contributed by atoms with Gasteiger partial charge in [-0.3, -0.25) is 4.79 Å². The summed E-state index contributed by atoms with van der Waals surface area (Å²) in [7, 11) is 0. The van der Waals surface area contributed by atoms with E-state index in [9.17, 15) is 4.79 Å². The molecule has 0 aliphatic heterocycles. The number of hydrogen-bond acceptors (Lipinski definition) is 1. The SMILES string of the molecule is CCC(C)CC(C)NC(=O)c1cc(Br)cn1CC. The van der Waals surface area contributed by atoms with E-state index in [0.29, 0.717) is 5.92 Å². The second-order valence-electron chi connectivity index (χ2n) is 4.95. The smallest absolute Gasteiger partial charge is 0.268 e. The number of carbonyl (C=O) groups is 1. The molecule has 1 heterocycles. The van der Waals surface area contributed by atoms with E-state index in [2.05, 4.69) is 42.0 Å². The highest BCUT2D eigenvalue weighted by Gasteiger charge is 2.15. The van der Waals surface area contributed by atoms with Gasteiger partial charge in [0.15, 0.2) is 0 Å². The van der Waals surface area contributed by atoms with Gasteiger partial charge in [0.25, 0.3) is 5.91 Å². The van der Waals surface area contributed by atoms with Crippen LogP contribution in [-0.4, -0.2) is 16.5 Å². The number of halogens is 1. The van der Waals surface area contributed by atoms with Crippen LogP contribution in [0.5, 0.6) is 0 Å². The van der Waals surface area contributed by atoms with Crippen LogP contribution in [0.15, 0.2) is 16.7 Å². The molecule has 0 aliphatic carbocycles. The highest BCUT2D eigenvalue weighted by molar-refractivity contribution is 9.10. The zero-order chi connectivity index (χ0) is 13.7. The van der Waals surface area contributed by atoms with Gasteiger partial charge in [-0.05, 0) is 48.2 Å². The van der Waals surface area contributed by atoms with E-state index in [0.717, 1.165) is 29.6 Å². The molecule has 2 unspecified atom stereocenters. The molecule has 102 valence electrons. The van der Waals surface area contributed by atoms with Gasteiger partial charge in [-0.25, -0.2) is 0 Å². The summed E-state index contributed by atoms with van der Waals surface area (Å²) < 4.78 is 2.90.